The molecule has 5 heteroatoms. The van der Waals surface area contributed by atoms with Gasteiger partial charge in [-0.2, -0.15) is 0 Å². The average Bonchev–Trinajstić information content (AvgIpc) is 2.36. The SMILES string of the molecule is CC(C)[C@H]1CCC(CO)=C[C@@H]1/C=C(\CC(=O)O)C(=O)O. The van der Waals surface area contributed by atoms with Gasteiger partial charge in [0.05, 0.1) is 13.0 Å². The lowest BCUT2D eigenvalue weighted by atomic mass is 9.74. The van der Waals surface area contributed by atoms with Gasteiger partial charge in [0, 0.05) is 5.57 Å². The third-order valence-corrected chi connectivity index (χ3v) is 3.79. The summed E-state index contributed by atoms with van der Waals surface area (Å²) in [6.45, 7) is 4.11. The molecule has 0 unspecified atom stereocenters. The molecule has 2 atom stereocenters. The molecule has 0 aromatic carbocycles. The minimum absolute atomic E-state index is 0.0313. The Hall–Kier alpha value is -1.62. The lowest BCUT2D eigenvalue weighted by molar-refractivity contribution is -0.139. The van der Waals surface area contributed by atoms with E-state index >= 15 is 0 Å². The maximum atomic E-state index is 11.1. The molecule has 3 N–H and O–H groups in total. The fourth-order valence-corrected chi connectivity index (χ4v) is 2.71. The first-order valence-corrected chi connectivity index (χ1v) is 6.81. The van der Waals surface area contributed by atoms with E-state index in [0.29, 0.717) is 5.92 Å². The molecule has 1 rings (SSSR count). The van der Waals surface area contributed by atoms with E-state index in [-0.39, 0.29) is 24.0 Å². The van der Waals surface area contributed by atoms with Gasteiger partial charge >= 0.3 is 11.9 Å². The van der Waals surface area contributed by atoms with Gasteiger partial charge in [-0.25, -0.2) is 4.79 Å². The summed E-state index contributed by atoms with van der Waals surface area (Å²) in [5.41, 5.74) is 0.798. The highest BCUT2D eigenvalue weighted by atomic mass is 16.4. The van der Waals surface area contributed by atoms with Crippen LogP contribution in [0.4, 0.5) is 0 Å². The van der Waals surface area contributed by atoms with Gasteiger partial charge in [-0.15, -0.1) is 0 Å². The number of hydrogen-bond donors (Lipinski definition) is 3. The number of carboxylic acids is 2. The molecule has 0 saturated heterocycles. The molecule has 0 radical (unpaired) electrons. The fourth-order valence-electron chi connectivity index (χ4n) is 2.71. The van der Waals surface area contributed by atoms with Crippen molar-refractivity contribution in [2.24, 2.45) is 17.8 Å². The van der Waals surface area contributed by atoms with E-state index in [9.17, 15) is 14.7 Å². The van der Waals surface area contributed by atoms with Crippen LogP contribution >= 0.6 is 0 Å². The Balaban J connectivity index is 3.07. The lowest BCUT2D eigenvalue weighted by Gasteiger charge is -2.31. The zero-order valence-electron chi connectivity index (χ0n) is 11.9. The summed E-state index contributed by atoms with van der Waals surface area (Å²) in [5.74, 6) is -1.83. The number of aliphatic hydroxyl groups excluding tert-OH is 1. The minimum atomic E-state index is -1.19. The Kier molecular flexibility index (Phi) is 5.95. The topological polar surface area (TPSA) is 94.8 Å². The molecule has 0 saturated carbocycles. The molecule has 112 valence electrons. The number of allylic oxidation sites excluding steroid dienone is 2. The summed E-state index contributed by atoms with van der Waals surface area (Å²) in [6.07, 6.45) is 4.63. The van der Waals surface area contributed by atoms with E-state index < -0.39 is 18.4 Å². The summed E-state index contributed by atoms with van der Waals surface area (Å²) in [4.78, 5) is 21.9. The molecule has 1 aliphatic rings. The molecule has 0 aromatic rings. The number of carboxylic acid groups (broad SMARTS) is 2. The Morgan fingerprint density at radius 1 is 1.40 bits per heavy atom. The molecule has 0 bridgehead atoms. The summed E-state index contributed by atoms with van der Waals surface area (Å²) in [7, 11) is 0. The van der Waals surface area contributed by atoms with Crippen LogP contribution in [0, 0.1) is 17.8 Å². The van der Waals surface area contributed by atoms with Gasteiger partial charge in [-0.3, -0.25) is 4.79 Å². The molecule has 0 spiro atoms. The predicted molar refractivity (Wildman–Crippen MR) is 74.2 cm³/mol. The van der Waals surface area contributed by atoms with Crippen LogP contribution in [0.2, 0.25) is 0 Å². The Bertz CT molecular complexity index is 434. The number of hydrogen-bond acceptors (Lipinski definition) is 3. The first-order chi connectivity index (χ1) is 9.35. The summed E-state index contributed by atoms with van der Waals surface area (Å²) >= 11 is 0. The highest BCUT2D eigenvalue weighted by molar-refractivity contribution is 5.92. The van der Waals surface area contributed by atoms with Crippen molar-refractivity contribution in [3.05, 3.63) is 23.3 Å². The first-order valence-electron chi connectivity index (χ1n) is 6.81. The van der Waals surface area contributed by atoms with Crippen molar-refractivity contribution >= 4 is 11.9 Å². The van der Waals surface area contributed by atoms with Gasteiger partial charge in [0.1, 0.15) is 0 Å². The van der Waals surface area contributed by atoms with E-state index in [1.54, 1.807) is 0 Å². The Morgan fingerprint density at radius 3 is 2.50 bits per heavy atom. The molecule has 0 amide bonds. The molecule has 1 aliphatic carbocycles. The molecule has 20 heavy (non-hydrogen) atoms. The Labute approximate surface area is 118 Å². The molecule has 5 nitrogen and oxygen atoms in total. The summed E-state index contributed by atoms with van der Waals surface area (Å²) in [6, 6.07) is 0. The van der Waals surface area contributed by atoms with E-state index in [4.69, 9.17) is 10.2 Å². The predicted octanol–water partition coefficient (Wildman–Crippen LogP) is 2.07. The first kappa shape index (κ1) is 16.4. The van der Waals surface area contributed by atoms with Crippen molar-refractivity contribution in [1.29, 1.82) is 0 Å². The van der Waals surface area contributed by atoms with Gasteiger partial charge in [-0.05, 0) is 36.2 Å². The quantitative estimate of drug-likeness (QED) is 0.512. The van der Waals surface area contributed by atoms with Crippen LogP contribution < -0.4 is 0 Å². The molecule has 0 aliphatic heterocycles. The molecule has 0 heterocycles. The second-order valence-electron chi connectivity index (χ2n) is 5.57. The fraction of sp³-hybridized carbons (Fsp3) is 0.600. The smallest absolute Gasteiger partial charge is 0.331 e. The highest BCUT2D eigenvalue weighted by Crippen LogP contribution is 2.35. The van der Waals surface area contributed by atoms with Crippen LogP contribution in [0.5, 0.6) is 0 Å². The van der Waals surface area contributed by atoms with Crippen LogP contribution in [0.3, 0.4) is 0 Å². The van der Waals surface area contributed by atoms with Gasteiger partial charge < -0.3 is 15.3 Å². The van der Waals surface area contributed by atoms with Crippen LogP contribution in [0.1, 0.15) is 33.1 Å². The minimum Gasteiger partial charge on any atom is -0.481 e. The lowest BCUT2D eigenvalue weighted by Crippen LogP contribution is -2.23. The number of carbonyl (C=O) groups is 2. The normalized spacial score (nSPS) is 23.6. The van der Waals surface area contributed by atoms with Crippen molar-refractivity contribution in [2.45, 2.75) is 33.1 Å². The van der Waals surface area contributed by atoms with Gasteiger partial charge in [0.2, 0.25) is 0 Å². The molecular weight excluding hydrogens is 260 g/mol. The van der Waals surface area contributed by atoms with E-state index in [1.165, 1.54) is 6.08 Å². The monoisotopic (exact) mass is 282 g/mol. The van der Waals surface area contributed by atoms with Crippen molar-refractivity contribution in [3.8, 4) is 0 Å². The van der Waals surface area contributed by atoms with Crippen LogP contribution in [-0.4, -0.2) is 33.9 Å². The zero-order valence-corrected chi connectivity index (χ0v) is 11.9. The second-order valence-corrected chi connectivity index (χ2v) is 5.57. The third kappa shape index (κ3) is 4.49. The van der Waals surface area contributed by atoms with Gasteiger partial charge in [-0.1, -0.05) is 26.0 Å². The third-order valence-electron chi connectivity index (χ3n) is 3.79. The van der Waals surface area contributed by atoms with Gasteiger partial charge in [0.25, 0.3) is 0 Å². The van der Waals surface area contributed by atoms with E-state index in [0.717, 1.165) is 18.4 Å². The largest absolute Gasteiger partial charge is 0.481 e. The zero-order chi connectivity index (χ0) is 15.3. The van der Waals surface area contributed by atoms with Crippen molar-refractivity contribution in [2.75, 3.05) is 6.61 Å². The maximum absolute atomic E-state index is 11.1. The maximum Gasteiger partial charge on any atom is 0.331 e. The van der Waals surface area contributed by atoms with Crippen LogP contribution in [-0.2, 0) is 9.59 Å². The summed E-state index contributed by atoms with van der Waals surface area (Å²) < 4.78 is 0. The second kappa shape index (κ2) is 7.24. The van der Waals surface area contributed by atoms with Crippen LogP contribution in [0.15, 0.2) is 23.3 Å². The summed E-state index contributed by atoms with van der Waals surface area (Å²) in [5, 5.41) is 27.1. The number of aliphatic carboxylic acids is 2. The van der Waals surface area contributed by atoms with Crippen molar-refractivity contribution in [1.82, 2.24) is 0 Å². The van der Waals surface area contributed by atoms with E-state index in [1.807, 2.05) is 6.08 Å². The van der Waals surface area contributed by atoms with Crippen LogP contribution in [0.25, 0.3) is 0 Å². The molecular formula is C15H22O5. The Morgan fingerprint density at radius 2 is 2.05 bits per heavy atom. The highest BCUT2D eigenvalue weighted by Gasteiger charge is 2.27. The molecule has 0 aromatic heterocycles. The van der Waals surface area contributed by atoms with E-state index in [2.05, 4.69) is 13.8 Å². The van der Waals surface area contributed by atoms with Crippen molar-refractivity contribution in [3.63, 3.8) is 0 Å². The standard InChI is InChI=1S/C15H22O5/c1-9(2)13-4-3-10(8-16)5-11(13)6-12(15(19)20)7-14(17)18/h5-6,9,11,13,16H,3-4,7-8H2,1-2H3,(H,17,18)(H,19,20)/b12-6+/t11-,13-/m1/s1. The van der Waals surface area contributed by atoms with Crippen molar-refractivity contribution < 1.29 is 24.9 Å². The average molecular weight is 282 g/mol. The number of aliphatic hydroxyl groups is 1. The van der Waals surface area contributed by atoms with Gasteiger partial charge in [0.15, 0.2) is 0 Å². The molecule has 0 fully saturated rings. The number of rotatable bonds is 6.